The first kappa shape index (κ1) is 17.7. The van der Waals surface area contributed by atoms with Gasteiger partial charge in [-0.05, 0) is 19.3 Å². The van der Waals surface area contributed by atoms with Crippen LogP contribution >= 0.6 is 0 Å². The topological polar surface area (TPSA) is 72.3 Å². The fourth-order valence-corrected chi connectivity index (χ4v) is 3.12. The van der Waals surface area contributed by atoms with Crippen molar-refractivity contribution in [2.75, 3.05) is 10.6 Å². The number of anilines is 1. The molecular weight excluding hydrogens is 290 g/mol. The quantitative estimate of drug-likeness (QED) is 0.855. The van der Waals surface area contributed by atoms with Crippen LogP contribution in [0, 0.1) is 25.2 Å². The van der Waals surface area contributed by atoms with Crippen LogP contribution in [0.3, 0.4) is 0 Å². The zero-order valence-electron chi connectivity index (χ0n) is 14.1. The maximum atomic E-state index is 12.8. The number of nitrogens with zero attached hydrogens (tertiary/aromatic N) is 3. The summed E-state index contributed by atoms with van der Waals surface area (Å²) in [5.41, 5.74) is 1.20. The first-order valence-electron chi connectivity index (χ1n) is 6.82. The van der Waals surface area contributed by atoms with Crippen molar-refractivity contribution in [3.63, 3.8) is 0 Å². The lowest BCUT2D eigenvalue weighted by molar-refractivity contribution is -0.123. The highest BCUT2D eigenvalue weighted by molar-refractivity contribution is 7.92. The zero-order chi connectivity index (χ0) is 16.7. The number of carbonyl (C=O) groups is 1. The second-order valence-corrected chi connectivity index (χ2v) is 8.43. The average Bonchev–Trinajstić information content (AvgIpc) is 2.52. The Balaban J connectivity index is 3.50. The molecule has 1 atom stereocenters. The largest absolute Gasteiger partial charge is 0.273 e. The molecule has 0 fully saturated rings. The van der Waals surface area contributed by atoms with Crippen LogP contribution in [0.25, 0.3) is 0 Å². The molecule has 21 heavy (non-hydrogen) atoms. The minimum absolute atomic E-state index is 0.329. The van der Waals surface area contributed by atoms with Gasteiger partial charge in [-0.2, -0.15) is 5.10 Å². The number of hydrogen-bond donors (Lipinski definition) is 0. The Morgan fingerprint density at radius 1 is 1.29 bits per heavy atom. The van der Waals surface area contributed by atoms with Crippen molar-refractivity contribution in [3.8, 4) is 0 Å². The van der Waals surface area contributed by atoms with Crippen LogP contribution in [-0.4, -0.2) is 30.4 Å². The van der Waals surface area contributed by atoms with Gasteiger partial charge in [0.1, 0.15) is 5.69 Å². The van der Waals surface area contributed by atoms with E-state index in [1.54, 1.807) is 32.5 Å². The fourth-order valence-electron chi connectivity index (χ4n) is 2.04. The summed E-state index contributed by atoms with van der Waals surface area (Å²) in [5.74, 6) is -0.865. The number of sulfonamides is 1. The number of rotatable bonds is 3. The van der Waals surface area contributed by atoms with Gasteiger partial charge in [0.15, 0.2) is 0 Å². The summed E-state index contributed by atoms with van der Waals surface area (Å²) in [5, 5.41) is 4.21. The molecule has 0 saturated carbocycles. The van der Waals surface area contributed by atoms with E-state index in [0.717, 1.165) is 10.6 Å². The van der Waals surface area contributed by atoms with Gasteiger partial charge >= 0.3 is 0 Å². The number of carbonyl (C=O) groups excluding carboxylic acids is 1. The third-order valence-corrected chi connectivity index (χ3v) is 4.90. The van der Waals surface area contributed by atoms with Crippen LogP contribution < -0.4 is 4.31 Å². The van der Waals surface area contributed by atoms with Crippen molar-refractivity contribution >= 4 is 21.6 Å². The Hall–Kier alpha value is -1.37. The molecular formula is C14H25N3O3S. The summed E-state index contributed by atoms with van der Waals surface area (Å²) >= 11 is 0. The minimum Gasteiger partial charge on any atom is -0.273 e. The highest BCUT2D eigenvalue weighted by Crippen LogP contribution is 2.33. The molecule has 0 aliphatic carbocycles. The van der Waals surface area contributed by atoms with E-state index in [9.17, 15) is 13.2 Å². The molecule has 0 aromatic carbocycles. The van der Waals surface area contributed by atoms with Gasteiger partial charge in [-0.1, -0.05) is 27.7 Å². The maximum Gasteiger partial charge on any atom is 0.244 e. The molecule has 1 rings (SSSR count). The van der Waals surface area contributed by atoms with Crippen molar-refractivity contribution in [2.24, 2.45) is 18.4 Å². The Morgan fingerprint density at radius 3 is 2.05 bits per heavy atom. The van der Waals surface area contributed by atoms with Crippen LogP contribution in [0.15, 0.2) is 0 Å². The average molecular weight is 315 g/mol. The molecule has 1 amide bonds. The highest BCUT2D eigenvalue weighted by atomic mass is 32.2. The van der Waals surface area contributed by atoms with Gasteiger partial charge in [0, 0.05) is 13.0 Å². The van der Waals surface area contributed by atoms with E-state index in [2.05, 4.69) is 5.10 Å². The van der Waals surface area contributed by atoms with Crippen molar-refractivity contribution in [1.29, 1.82) is 0 Å². The van der Waals surface area contributed by atoms with Crippen molar-refractivity contribution in [3.05, 3.63) is 11.4 Å². The van der Waals surface area contributed by atoms with Gasteiger partial charge in [0.05, 0.1) is 17.6 Å². The minimum atomic E-state index is -3.72. The van der Waals surface area contributed by atoms with Gasteiger partial charge in [-0.25, -0.2) is 12.7 Å². The number of amides is 1. The van der Waals surface area contributed by atoms with E-state index in [1.807, 2.05) is 20.8 Å². The van der Waals surface area contributed by atoms with Gasteiger partial charge in [0.25, 0.3) is 0 Å². The molecule has 0 spiro atoms. The standard InChI is InChI=1S/C14H25N3O3S/c1-9(14(4,5)6)13(18)17(21(8,19)20)12-10(2)15-16(7)11(12)3/h9H,1-8H3. The zero-order valence-corrected chi connectivity index (χ0v) is 14.9. The van der Waals surface area contributed by atoms with E-state index in [1.165, 1.54) is 0 Å². The molecule has 1 heterocycles. The van der Waals surface area contributed by atoms with Crippen LogP contribution in [0.1, 0.15) is 39.1 Å². The molecule has 1 aromatic heterocycles. The molecule has 6 nitrogen and oxygen atoms in total. The first-order valence-corrected chi connectivity index (χ1v) is 8.67. The fraction of sp³-hybridized carbons (Fsp3) is 0.714. The lowest BCUT2D eigenvalue weighted by atomic mass is 9.81. The second-order valence-electron chi connectivity index (χ2n) is 6.60. The Bertz CT molecular complexity index is 654. The maximum absolute atomic E-state index is 12.8. The molecule has 0 radical (unpaired) electrons. The van der Waals surface area contributed by atoms with E-state index in [4.69, 9.17) is 0 Å². The van der Waals surface area contributed by atoms with Crippen LogP contribution in [0.4, 0.5) is 5.69 Å². The predicted octanol–water partition coefficient (Wildman–Crippen LogP) is 2.01. The smallest absolute Gasteiger partial charge is 0.244 e. The van der Waals surface area contributed by atoms with E-state index in [-0.39, 0.29) is 5.41 Å². The normalized spacial score (nSPS) is 14.1. The molecule has 1 unspecified atom stereocenters. The van der Waals surface area contributed by atoms with Crippen LogP contribution in [0.5, 0.6) is 0 Å². The van der Waals surface area contributed by atoms with Gasteiger partial charge in [-0.15, -0.1) is 0 Å². The van der Waals surface area contributed by atoms with Crippen LogP contribution in [-0.2, 0) is 21.9 Å². The Labute approximate surface area is 127 Å². The van der Waals surface area contributed by atoms with Crippen molar-refractivity contribution in [2.45, 2.75) is 41.5 Å². The van der Waals surface area contributed by atoms with Crippen molar-refractivity contribution in [1.82, 2.24) is 9.78 Å². The monoisotopic (exact) mass is 315 g/mol. The molecule has 0 aliphatic heterocycles. The van der Waals surface area contributed by atoms with E-state index >= 15 is 0 Å². The summed E-state index contributed by atoms with van der Waals surface area (Å²) in [6, 6.07) is 0. The lowest BCUT2D eigenvalue weighted by Gasteiger charge is -2.31. The molecule has 0 bridgehead atoms. The summed E-state index contributed by atoms with van der Waals surface area (Å²) < 4.78 is 26.9. The SMILES string of the molecule is Cc1nn(C)c(C)c1N(C(=O)C(C)C(C)(C)C)S(C)(=O)=O. The van der Waals surface area contributed by atoms with Gasteiger partial charge in [-0.3, -0.25) is 9.48 Å². The summed E-state index contributed by atoms with van der Waals surface area (Å²) in [7, 11) is -2.00. The van der Waals surface area contributed by atoms with E-state index < -0.39 is 21.8 Å². The molecule has 0 N–H and O–H groups in total. The van der Waals surface area contributed by atoms with Crippen LogP contribution in [0.2, 0.25) is 0 Å². The number of aromatic nitrogens is 2. The third-order valence-electron chi connectivity index (χ3n) is 3.88. The lowest BCUT2D eigenvalue weighted by Crippen LogP contribution is -2.43. The Kier molecular flexibility index (Phi) is 4.58. The summed E-state index contributed by atoms with van der Waals surface area (Å²) in [4.78, 5) is 12.8. The number of hydrogen-bond acceptors (Lipinski definition) is 4. The van der Waals surface area contributed by atoms with Gasteiger partial charge in [0.2, 0.25) is 15.9 Å². The highest BCUT2D eigenvalue weighted by Gasteiger charge is 2.37. The van der Waals surface area contributed by atoms with Crippen molar-refractivity contribution < 1.29 is 13.2 Å². The Morgan fingerprint density at radius 2 is 1.76 bits per heavy atom. The summed E-state index contributed by atoms with van der Waals surface area (Å²) in [6.45, 7) is 11.0. The molecule has 120 valence electrons. The summed E-state index contributed by atoms with van der Waals surface area (Å²) in [6.07, 6.45) is 1.05. The molecule has 0 aliphatic rings. The molecule has 7 heteroatoms. The molecule has 0 saturated heterocycles. The predicted molar refractivity (Wildman–Crippen MR) is 83.6 cm³/mol. The molecule has 1 aromatic rings. The van der Waals surface area contributed by atoms with Gasteiger partial charge < -0.3 is 0 Å². The first-order chi connectivity index (χ1) is 9.28. The number of aryl methyl sites for hydroxylation is 2. The van der Waals surface area contributed by atoms with E-state index in [0.29, 0.717) is 17.1 Å². The second kappa shape index (κ2) is 5.44. The third kappa shape index (κ3) is 3.45.